The molecule has 4 heteroatoms. The van der Waals surface area contributed by atoms with Crippen molar-refractivity contribution in [1.82, 2.24) is 19.9 Å². The Morgan fingerprint density at radius 3 is 2.38 bits per heavy atom. The van der Waals surface area contributed by atoms with Gasteiger partial charge < -0.3 is 4.90 Å². The maximum atomic E-state index is 4.36. The van der Waals surface area contributed by atoms with Crippen LogP contribution in [0.1, 0.15) is 12.8 Å². The molecule has 0 saturated carbocycles. The van der Waals surface area contributed by atoms with Crippen LogP contribution in [0.2, 0.25) is 0 Å². The third kappa shape index (κ3) is 3.39. The highest BCUT2D eigenvalue weighted by Crippen LogP contribution is 2.24. The van der Waals surface area contributed by atoms with Gasteiger partial charge in [0.1, 0.15) is 5.69 Å². The Bertz CT molecular complexity index is 788. The van der Waals surface area contributed by atoms with E-state index in [4.69, 9.17) is 0 Å². The van der Waals surface area contributed by atoms with Gasteiger partial charge in [-0.1, -0.05) is 53.7 Å². The van der Waals surface area contributed by atoms with Crippen molar-refractivity contribution in [1.29, 1.82) is 0 Å². The molecule has 0 N–H and O–H groups in total. The molecule has 3 aromatic rings. The van der Waals surface area contributed by atoms with Crippen LogP contribution in [0.3, 0.4) is 0 Å². The van der Waals surface area contributed by atoms with E-state index in [1.807, 2.05) is 10.7 Å². The minimum absolute atomic E-state index is 0.908. The van der Waals surface area contributed by atoms with Crippen molar-refractivity contribution >= 4 is 0 Å². The predicted molar refractivity (Wildman–Crippen MR) is 96.6 cm³/mol. The van der Waals surface area contributed by atoms with Crippen LogP contribution in [0.25, 0.3) is 22.4 Å². The van der Waals surface area contributed by atoms with E-state index in [2.05, 4.69) is 69.9 Å². The summed E-state index contributed by atoms with van der Waals surface area (Å²) in [6.45, 7) is 4.42. The Morgan fingerprint density at radius 2 is 1.54 bits per heavy atom. The molecular weight excluding hydrogens is 296 g/mol. The van der Waals surface area contributed by atoms with Crippen LogP contribution >= 0.6 is 0 Å². The number of rotatable bonds is 5. The highest BCUT2D eigenvalue weighted by atomic mass is 15.4. The molecule has 2 heterocycles. The van der Waals surface area contributed by atoms with Crippen LogP contribution in [0.4, 0.5) is 0 Å². The molecule has 1 aliphatic rings. The zero-order valence-corrected chi connectivity index (χ0v) is 13.8. The van der Waals surface area contributed by atoms with Crippen LogP contribution in [-0.4, -0.2) is 39.5 Å². The molecule has 0 amide bonds. The Balaban J connectivity index is 1.50. The van der Waals surface area contributed by atoms with Crippen molar-refractivity contribution < 1.29 is 0 Å². The van der Waals surface area contributed by atoms with Crippen molar-refractivity contribution in [3.8, 4) is 22.4 Å². The first kappa shape index (κ1) is 15.1. The minimum Gasteiger partial charge on any atom is -0.301 e. The van der Waals surface area contributed by atoms with E-state index in [1.54, 1.807) is 0 Å². The Kier molecular flexibility index (Phi) is 4.38. The lowest BCUT2D eigenvalue weighted by Gasteiger charge is -2.13. The average Bonchev–Trinajstić information content (AvgIpc) is 3.33. The molecular formula is C20H22N4. The van der Waals surface area contributed by atoms with Crippen molar-refractivity contribution in [3.05, 3.63) is 60.8 Å². The van der Waals surface area contributed by atoms with Crippen LogP contribution in [0.15, 0.2) is 60.8 Å². The molecule has 4 nitrogen and oxygen atoms in total. The first-order valence-corrected chi connectivity index (χ1v) is 8.67. The van der Waals surface area contributed by atoms with Crippen LogP contribution < -0.4 is 0 Å². The summed E-state index contributed by atoms with van der Waals surface area (Å²) in [5.41, 5.74) is 4.48. The van der Waals surface area contributed by atoms with Crippen molar-refractivity contribution in [2.75, 3.05) is 19.6 Å². The molecule has 1 aromatic heterocycles. The second-order valence-corrected chi connectivity index (χ2v) is 6.36. The molecule has 24 heavy (non-hydrogen) atoms. The van der Waals surface area contributed by atoms with Gasteiger partial charge in [-0.15, -0.1) is 5.10 Å². The zero-order valence-electron chi connectivity index (χ0n) is 13.8. The number of likely N-dealkylation sites (tertiary alicyclic amines) is 1. The SMILES string of the molecule is c1ccc(-c2cccc(-c3cn(CCN4CCCC4)nn3)c2)cc1. The second kappa shape index (κ2) is 6.97. The Labute approximate surface area is 142 Å². The summed E-state index contributed by atoms with van der Waals surface area (Å²) in [7, 11) is 0. The van der Waals surface area contributed by atoms with Gasteiger partial charge in [0, 0.05) is 12.1 Å². The molecule has 2 aromatic carbocycles. The third-order valence-corrected chi connectivity index (χ3v) is 4.65. The van der Waals surface area contributed by atoms with Gasteiger partial charge in [-0.3, -0.25) is 4.68 Å². The molecule has 0 unspecified atom stereocenters. The first-order chi connectivity index (χ1) is 11.9. The fourth-order valence-electron chi connectivity index (χ4n) is 3.28. The highest BCUT2D eigenvalue weighted by molar-refractivity contribution is 5.70. The highest BCUT2D eigenvalue weighted by Gasteiger charge is 2.12. The largest absolute Gasteiger partial charge is 0.301 e. The van der Waals surface area contributed by atoms with E-state index in [9.17, 15) is 0 Å². The monoisotopic (exact) mass is 318 g/mol. The lowest BCUT2D eigenvalue weighted by atomic mass is 10.0. The summed E-state index contributed by atoms with van der Waals surface area (Å²) in [6, 6.07) is 18.9. The van der Waals surface area contributed by atoms with Gasteiger partial charge in [-0.25, -0.2) is 0 Å². The number of hydrogen-bond donors (Lipinski definition) is 0. The summed E-state index contributed by atoms with van der Waals surface area (Å²) in [5, 5.41) is 8.66. The molecule has 0 aliphatic carbocycles. The summed E-state index contributed by atoms with van der Waals surface area (Å²) in [4.78, 5) is 2.50. The topological polar surface area (TPSA) is 34.0 Å². The molecule has 0 radical (unpaired) electrons. The van der Waals surface area contributed by atoms with Crippen LogP contribution in [-0.2, 0) is 6.54 Å². The van der Waals surface area contributed by atoms with Gasteiger partial charge in [-0.2, -0.15) is 0 Å². The van der Waals surface area contributed by atoms with E-state index in [0.717, 1.165) is 24.3 Å². The predicted octanol–water partition coefficient (Wildman–Crippen LogP) is 3.71. The van der Waals surface area contributed by atoms with E-state index in [-0.39, 0.29) is 0 Å². The fourth-order valence-corrected chi connectivity index (χ4v) is 3.28. The van der Waals surface area contributed by atoms with Crippen molar-refractivity contribution in [2.45, 2.75) is 19.4 Å². The number of benzene rings is 2. The molecule has 122 valence electrons. The molecule has 1 aliphatic heterocycles. The first-order valence-electron chi connectivity index (χ1n) is 8.67. The Hall–Kier alpha value is -2.46. The van der Waals surface area contributed by atoms with Gasteiger partial charge in [0.2, 0.25) is 0 Å². The normalized spacial score (nSPS) is 15.0. The maximum absolute atomic E-state index is 4.36. The Morgan fingerprint density at radius 1 is 0.792 bits per heavy atom. The second-order valence-electron chi connectivity index (χ2n) is 6.36. The zero-order chi connectivity index (χ0) is 16.2. The third-order valence-electron chi connectivity index (χ3n) is 4.65. The lowest BCUT2D eigenvalue weighted by molar-refractivity contribution is 0.314. The maximum Gasteiger partial charge on any atom is 0.113 e. The molecule has 0 atom stereocenters. The van der Waals surface area contributed by atoms with Crippen LogP contribution in [0.5, 0.6) is 0 Å². The summed E-state index contributed by atoms with van der Waals surface area (Å²) in [6.07, 6.45) is 4.71. The number of nitrogens with zero attached hydrogens (tertiary/aromatic N) is 4. The number of hydrogen-bond acceptors (Lipinski definition) is 3. The molecule has 4 rings (SSSR count). The fraction of sp³-hybridized carbons (Fsp3) is 0.300. The summed E-state index contributed by atoms with van der Waals surface area (Å²) < 4.78 is 1.96. The van der Waals surface area contributed by atoms with Crippen molar-refractivity contribution in [2.24, 2.45) is 0 Å². The lowest BCUT2D eigenvalue weighted by Crippen LogP contribution is -2.24. The van der Waals surface area contributed by atoms with Crippen molar-refractivity contribution in [3.63, 3.8) is 0 Å². The molecule has 0 spiro atoms. The molecule has 1 fully saturated rings. The molecule has 0 bridgehead atoms. The number of aromatic nitrogens is 3. The van der Waals surface area contributed by atoms with Crippen LogP contribution in [0, 0.1) is 0 Å². The quantitative estimate of drug-likeness (QED) is 0.719. The molecule has 1 saturated heterocycles. The standard InChI is InChI=1S/C20H22N4/c1-2-7-17(8-3-1)18-9-6-10-19(15-18)20-16-24(22-21-20)14-13-23-11-4-5-12-23/h1-3,6-10,15-16H,4-5,11-14H2. The summed E-state index contributed by atoms with van der Waals surface area (Å²) in [5.74, 6) is 0. The van der Waals surface area contributed by atoms with Gasteiger partial charge >= 0.3 is 0 Å². The van der Waals surface area contributed by atoms with Gasteiger partial charge in [0.25, 0.3) is 0 Å². The average molecular weight is 318 g/mol. The van der Waals surface area contributed by atoms with E-state index >= 15 is 0 Å². The summed E-state index contributed by atoms with van der Waals surface area (Å²) >= 11 is 0. The van der Waals surface area contributed by atoms with E-state index in [1.165, 1.54) is 37.1 Å². The van der Waals surface area contributed by atoms with E-state index < -0.39 is 0 Å². The van der Waals surface area contributed by atoms with E-state index in [0.29, 0.717) is 0 Å². The van der Waals surface area contributed by atoms with Gasteiger partial charge in [0.05, 0.1) is 12.7 Å². The smallest absolute Gasteiger partial charge is 0.113 e. The van der Waals surface area contributed by atoms with Gasteiger partial charge in [0.15, 0.2) is 0 Å². The van der Waals surface area contributed by atoms with Gasteiger partial charge in [-0.05, 0) is 43.1 Å². The minimum atomic E-state index is 0.908.